The summed E-state index contributed by atoms with van der Waals surface area (Å²) in [5.74, 6) is -0.858. The van der Waals surface area contributed by atoms with Gasteiger partial charge in [0, 0.05) is 31.8 Å². The first kappa shape index (κ1) is 21.5. The maximum absolute atomic E-state index is 12.8. The van der Waals surface area contributed by atoms with Gasteiger partial charge in [0.25, 0.3) is 11.6 Å². The van der Waals surface area contributed by atoms with Crippen LogP contribution in [0.4, 0.5) is 17.2 Å². The summed E-state index contributed by atoms with van der Waals surface area (Å²) in [6.07, 6.45) is -1.31. The summed E-state index contributed by atoms with van der Waals surface area (Å²) in [5.41, 5.74) is 0.454. The van der Waals surface area contributed by atoms with E-state index in [1.807, 2.05) is 0 Å². The SMILES string of the molecule is Cc1cc(NC(=O)C(OC(=O)c2ccc(N(C)C)c([N+](=O)[O-])c2)c2ccccc2)no1. The third-order valence-electron chi connectivity index (χ3n) is 4.33. The van der Waals surface area contributed by atoms with Crippen LogP contribution in [0.1, 0.15) is 27.8 Å². The topological polar surface area (TPSA) is 128 Å². The molecule has 0 aliphatic rings. The molecule has 0 bridgehead atoms. The molecule has 0 saturated carbocycles. The molecule has 0 aliphatic carbocycles. The summed E-state index contributed by atoms with van der Waals surface area (Å²) in [6, 6.07) is 13.9. The molecule has 1 N–H and O–H groups in total. The summed E-state index contributed by atoms with van der Waals surface area (Å²) in [7, 11) is 3.31. The maximum Gasteiger partial charge on any atom is 0.339 e. The highest BCUT2D eigenvalue weighted by molar-refractivity contribution is 5.98. The summed E-state index contributed by atoms with van der Waals surface area (Å²) in [4.78, 5) is 38.0. The molecule has 0 radical (unpaired) electrons. The Hall–Kier alpha value is -4.21. The maximum atomic E-state index is 12.8. The van der Waals surface area contributed by atoms with Crippen molar-refractivity contribution >= 4 is 29.1 Å². The van der Waals surface area contributed by atoms with Crippen LogP contribution in [0.2, 0.25) is 0 Å². The fraction of sp³-hybridized carbons (Fsp3) is 0.190. The van der Waals surface area contributed by atoms with Crippen molar-refractivity contribution in [1.82, 2.24) is 5.16 Å². The van der Waals surface area contributed by atoms with Crippen LogP contribution in [-0.2, 0) is 9.53 Å². The number of amides is 1. The molecule has 1 unspecified atom stereocenters. The number of anilines is 2. The van der Waals surface area contributed by atoms with Crippen molar-refractivity contribution in [1.29, 1.82) is 0 Å². The lowest BCUT2D eigenvalue weighted by molar-refractivity contribution is -0.384. The van der Waals surface area contributed by atoms with E-state index in [4.69, 9.17) is 9.26 Å². The van der Waals surface area contributed by atoms with Crippen LogP contribution in [0, 0.1) is 17.0 Å². The lowest BCUT2D eigenvalue weighted by Crippen LogP contribution is -2.26. The van der Waals surface area contributed by atoms with Gasteiger partial charge >= 0.3 is 5.97 Å². The number of esters is 1. The van der Waals surface area contributed by atoms with Gasteiger partial charge in [0.15, 0.2) is 5.82 Å². The fourth-order valence-corrected chi connectivity index (χ4v) is 2.87. The molecule has 160 valence electrons. The number of carbonyl (C=O) groups is 2. The van der Waals surface area contributed by atoms with Gasteiger partial charge in [-0.15, -0.1) is 0 Å². The van der Waals surface area contributed by atoms with Crippen LogP contribution >= 0.6 is 0 Å². The Balaban J connectivity index is 1.89. The van der Waals surface area contributed by atoms with E-state index in [1.54, 1.807) is 56.3 Å². The van der Waals surface area contributed by atoms with Crippen LogP contribution < -0.4 is 10.2 Å². The highest BCUT2D eigenvalue weighted by atomic mass is 16.6. The number of nitro benzene ring substituents is 1. The zero-order valence-electron chi connectivity index (χ0n) is 17.1. The number of nitrogens with zero attached hydrogens (tertiary/aromatic N) is 3. The lowest BCUT2D eigenvalue weighted by Gasteiger charge is -2.18. The van der Waals surface area contributed by atoms with Crippen LogP contribution in [0.5, 0.6) is 0 Å². The van der Waals surface area contributed by atoms with Gasteiger partial charge in [0.2, 0.25) is 6.10 Å². The first-order valence-corrected chi connectivity index (χ1v) is 9.22. The molecule has 3 aromatic rings. The summed E-state index contributed by atoms with van der Waals surface area (Å²) in [5, 5.41) is 17.6. The number of rotatable bonds is 7. The number of nitro groups is 1. The highest BCUT2D eigenvalue weighted by Gasteiger charge is 2.28. The van der Waals surface area contributed by atoms with Crippen LogP contribution in [0.25, 0.3) is 0 Å². The predicted molar refractivity (Wildman–Crippen MR) is 112 cm³/mol. The third kappa shape index (κ3) is 5.04. The lowest BCUT2D eigenvalue weighted by atomic mass is 10.1. The standard InChI is InChI=1S/C21H20N4O6/c1-13-11-18(23-31-13)22-20(26)19(14-7-5-4-6-8-14)30-21(27)15-9-10-16(24(2)3)17(12-15)25(28)29/h4-12,19H,1-3H3,(H,22,23,26). The highest BCUT2D eigenvalue weighted by Crippen LogP contribution is 2.29. The minimum Gasteiger partial charge on any atom is -0.444 e. The van der Waals surface area contributed by atoms with Gasteiger partial charge in [-0.2, -0.15) is 0 Å². The Morgan fingerprint density at radius 2 is 1.87 bits per heavy atom. The molecule has 1 atom stereocenters. The van der Waals surface area contributed by atoms with E-state index in [9.17, 15) is 19.7 Å². The third-order valence-corrected chi connectivity index (χ3v) is 4.33. The molecule has 1 aromatic heterocycles. The molecule has 2 aromatic carbocycles. The van der Waals surface area contributed by atoms with Gasteiger partial charge < -0.3 is 19.5 Å². The van der Waals surface area contributed by atoms with Crippen LogP contribution in [-0.4, -0.2) is 36.1 Å². The quantitative estimate of drug-likeness (QED) is 0.347. The second-order valence-corrected chi connectivity index (χ2v) is 6.86. The van der Waals surface area contributed by atoms with Crippen molar-refractivity contribution in [2.45, 2.75) is 13.0 Å². The predicted octanol–water partition coefficient (Wildman–Crippen LogP) is 3.49. The van der Waals surface area contributed by atoms with Gasteiger partial charge in [-0.05, 0) is 19.1 Å². The van der Waals surface area contributed by atoms with E-state index in [0.717, 1.165) is 6.07 Å². The van der Waals surface area contributed by atoms with Crippen molar-refractivity contribution in [3.8, 4) is 0 Å². The van der Waals surface area contributed by atoms with Gasteiger partial charge in [-0.3, -0.25) is 14.9 Å². The van der Waals surface area contributed by atoms with E-state index in [2.05, 4.69) is 10.5 Å². The van der Waals surface area contributed by atoms with Crippen molar-refractivity contribution < 1.29 is 23.8 Å². The largest absolute Gasteiger partial charge is 0.444 e. The molecule has 0 saturated heterocycles. The molecule has 10 nitrogen and oxygen atoms in total. The van der Waals surface area contributed by atoms with Crippen LogP contribution in [0.3, 0.4) is 0 Å². The number of carbonyl (C=O) groups excluding carboxylic acids is 2. The number of aromatic nitrogens is 1. The Bertz CT molecular complexity index is 1110. The molecular weight excluding hydrogens is 404 g/mol. The van der Waals surface area contributed by atoms with Crippen molar-refractivity contribution in [3.63, 3.8) is 0 Å². The van der Waals surface area contributed by atoms with Crippen molar-refractivity contribution in [3.05, 3.63) is 81.6 Å². The normalized spacial score (nSPS) is 11.5. The molecule has 10 heteroatoms. The molecule has 1 heterocycles. The Morgan fingerprint density at radius 1 is 1.16 bits per heavy atom. The number of hydrogen-bond acceptors (Lipinski definition) is 8. The summed E-state index contributed by atoms with van der Waals surface area (Å²) < 4.78 is 10.4. The first-order chi connectivity index (χ1) is 14.8. The van der Waals surface area contributed by atoms with Gasteiger partial charge in [0.05, 0.1) is 10.5 Å². The number of benzene rings is 2. The van der Waals surface area contributed by atoms with E-state index < -0.39 is 22.9 Å². The number of aryl methyl sites for hydroxylation is 1. The second-order valence-electron chi connectivity index (χ2n) is 6.86. The molecule has 1 amide bonds. The summed E-state index contributed by atoms with van der Waals surface area (Å²) in [6.45, 7) is 1.67. The Labute approximate surface area is 177 Å². The molecule has 31 heavy (non-hydrogen) atoms. The first-order valence-electron chi connectivity index (χ1n) is 9.22. The summed E-state index contributed by atoms with van der Waals surface area (Å²) >= 11 is 0. The molecule has 0 spiro atoms. The monoisotopic (exact) mass is 424 g/mol. The minimum atomic E-state index is -1.31. The molecule has 0 aliphatic heterocycles. The van der Waals surface area contributed by atoms with Gasteiger partial charge in [-0.25, -0.2) is 4.79 Å². The average molecular weight is 424 g/mol. The molecular formula is C21H20N4O6. The fourth-order valence-electron chi connectivity index (χ4n) is 2.87. The average Bonchev–Trinajstić information content (AvgIpc) is 3.16. The zero-order valence-corrected chi connectivity index (χ0v) is 17.1. The molecule has 0 fully saturated rings. The molecule has 3 rings (SSSR count). The van der Waals surface area contributed by atoms with E-state index in [-0.39, 0.29) is 17.1 Å². The number of nitrogens with one attached hydrogen (secondary N) is 1. The van der Waals surface area contributed by atoms with Gasteiger partial charge in [0.1, 0.15) is 11.4 Å². The van der Waals surface area contributed by atoms with E-state index >= 15 is 0 Å². The Kier molecular flexibility index (Phi) is 6.29. The van der Waals surface area contributed by atoms with Crippen LogP contribution in [0.15, 0.2) is 59.1 Å². The smallest absolute Gasteiger partial charge is 0.339 e. The van der Waals surface area contributed by atoms with E-state index in [1.165, 1.54) is 18.2 Å². The number of ether oxygens (including phenoxy) is 1. The van der Waals surface area contributed by atoms with Crippen molar-refractivity contribution in [2.75, 3.05) is 24.3 Å². The zero-order chi connectivity index (χ0) is 22.5. The minimum absolute atomic E-state index is 0.0525. The van der Waals surface area contributed by atoms with Gasteiger partial charge in [-0.1, -0.05) is 35.5 Å². The number of hydrogen-bond donors (Lipinski definition) is 1. The second kappa shape index (κ2) is 9.08. The van der Waals surface area contributed by atoms with Crippen molar-refractivity contribution in [2.24, 2.45) is 0 Å². The van der Waals surface area contributed by atoms with E-state index in [0.29, 0.717) is 17.0 Å². The Morgan fingerprint density at radius 3 is 2.45 bits per heavy atom.